The van der Waals surface area contributed by atoms with Gasteiger partial charge in [-0.1, -0.05) is 67.4 Å². The van der Waals surface area contributed by atoms with Gasteiger partial charge in [-0.25, -0.2) is 8.42 Å². The summed E-state index contributed by atoms with van der Waals surface area (Å²) >= 11 is 12.1. The highest BCUT2D eigenvalue weighted by atomic mass is 35.5. The van der Waals surface area contributed by atoms with Gasteiger partial charge in [0.25, 0.3) is 10.0 Å². The average Bonchev–Trinajstić information content (AvgIpc) is 2.93. The largest absolute Gasteiger partial charge is 0.352 e. The summed E-state index contributed by atoms with van der Waals surface area (Å²) in [6.45, 7) is 7.07. The van der Waals surface area contributed by atoms with Crippen molar-refractivity contribution in [3.05, 3.63) is 94.0 Å². The van der Waals surface area contributed by atoms with Crippen molar-refractivity contribution in [3.8, 4) is 0 Å². The van der Waals surface area contributed by atoms with E-state index < -0.39 is 28.5 Å². The number of nitrogens with zero attached hydrogens (tertiary/aromatic N) is 2. The van der Waals surface area contributed by atoms with Gasteiger partial charge >= 0.3 is 0 Å². The first-order valence-electron chi connectivity index (χ1n) is 13.2. The summed E-state index contributed by atoms with van der Waals surface area (Å²) in [5.41, 5.74) is 1.81. The van der Waals surface area contributed by atoms with Crippen LogP contribution in [-0.4, -0.2) is 43.8 Å². The second-order valence-electron chi connectivity index (χ2n) is 9.64. The SMILES string of the molecule is CC[C@@H](C)NC(=O)[C@@H](CC)N(Cc1ccc(Cl)cc1)C(=O)CN(c1ccccc1C)S(=O)(=O)c1ccc(Cl)cc1. The third-order valence-electron chi connectivity index (χ3n) is 6.72. The third-order valence-corrected chi connectivity index (χ3v) is 9.00. The van der Waals surface area contributed by atoms with Crippen molar-refractivity contribution in [1.29, 1.82) is 0 Å². The number of para-hydroxylation sites is 1. The number of carbonyl (C=O) groups excluding carboxylic acids is 2. The monoisotopic (exact) mass is 603 g/mol. The van der Waals surface area contributed by atoms with Crippen LogP contribution in [0.3, 0.4) is 0 Å². The van der Waals surface area contributed by atoms with Crippen molar-refractivity contribution in [2.24, 2.45) is 0 Å². The summed E-state index contributed by atoms with van der Waals surface area (Å²) in [5.74, 6) is -0.802. The second kappa shape index (κ2) is 14.0. The van der Waals surface area contributed by atoms with Crippen molar-refractivity contribution in [1.82, 2.24) is 10.2 Å². The van der Waals surface area contributed by atoms with E-state index in [1.54, 1.807) is 55.5 Å². The van der Waals surface area contributed by atoms with Crippen LogP contribution in [0.1, 0.15) is 44.7 Å². The molecule has 3 rings (SSSR count). The molecule has 7 nitrogen and oxygen atoms in total. The van der Waals surface area contributed by atoms with Gasteiger partial charge in [0.1, 0.15) is 12.6 Å². The normalized spacial score (nSPS) is 12.8. The van der Waals surface area contributed by atoms with Gasteiger partial charge in [0.05, 0.1) is 10.6 Å². The topological polar surface area (TPSA) is 86.8 Å². The van der Waals surface area contributed by atoms with Gasteiger partial charge in [0.15, 0.2) is 0 Å². The molecule has 2 atom stereocenters. The molecule has 2 amide bonds. The highest BCUT2D eigenvalue weighted by Gasteiger charge is 2.34. The summed E-state index contributed by atoms with van der Waals surface area (Å²) in [4.78, 5) is 28.9. The molecule has 0 aliphatic heterocycles. The molecule has 214 valence electrons. The lowest BCUT2D eigenvalue weighted by Crippen LogP contribution is -2.53. The average molecular weight is 605 g/mol. The maximum absolute atomic E-state index is 14.1. The number of sulfonamides is 1. The molecule has 0 aromatic heterocycles. The van der Waals surface area contributed by atoms with Crippen LogP contribution in [0, 0.1) is 6.92 Å². The number of hydrogen-bond acceptors (Lipinski definition) is 4. The Kier molecular flexibility index (Phi) is 11.0. The van der Waals surface area contributed by atoms with Crippen LogP contribution in [0.25, 0.3) is 0 Å². The lowest BCUT2D eigenvalue weighted by molar-refractivity contribution is -0.140. The van der Waals surface area contributed by atoms with Crippen molar-refractivity contribution in [2.45, 2.75) is 64.1 Å². The van der Waals surface area contributed by atoms with E-state index in [-0.39, 0.29) is 23.4 Å². The second-order valence-corrected chi connectivity index (χ2v) is 12.4. The van der Waals surface area contributed by atoms with Crippen LogP contribution in [0.5, 0.6) is 0 Å². The lowest BCUT2D eigenvalue weighted by atomic mass is 10.1. The zero-order chi connectivity index (χ0) is 29.4. The lowest BCUT2D eigenvalue weighted by Gasteiger charge is -2.34. The zero-order valence-corrected chi connectivity index (χ0v) is 25.4. The summed E-state index contributed by atoms with van der Waals surface area (Å²) in [6, 6.07) is 18.9. The predicted octanol–water partition coefficient (Wildman–Crippen LogP) is 6.22. The minimum Gasteiger partial charge on any atom is -0.352 e. The van der Waals surface area contributed by atoms with Crippen LogP contribution in [0.15, 0.2) is 77.7 Å². The first kappa shape index (κ1) is 31.5. The molecule has 0 aliphatic rings. The molecule has 0 aliphatic carbocycles. The quantitative estimate of drug-likeness (QED) is 0.266. The van der Waals surface area contributed by atoms with E-state index in [1.807, 2.05) is 20.8 Å². The Morgan fingerprint density at radius 1 is 0.875 bits per heavy atom. The molecular weight excluding hydrogens is 569 g/mol. The number of anilines is 1. The summed E-state index contributed by atoms with van der Waals surface area (Å²) < 4.78 is 29.0. The molecule has 0 unspecified atom stereocenters. The van der Waals surface area contributed by atoms with E-state index >= 15 is 0 Å². The number of aryl methyl sites for hydroxylation is 1. The van der Waals surface area contributed by atoms with E-state index in [1.165, 1.54) is 29.2 Å². The smallest absolute Gasteiger partial charge is 0.264 e. The van der Waals surface area contributed by atoms with Gasteiger partial charge in [0.2, 0.25) is 11.8 Å². The molecule has 3 aromatic carbocycles. The van der Waals surface area contributed by atoms with Gasteiger partial charge < -0.3 is 10.2 Å². The van der Waals surface area contributed by atoms with Gasteiger partial charge in [-0.05, 0) is 80.3 Å². The van der Waals surface area contributed by atoms with E-state index in [9.17, 15) is 18.0 Å². The molecule has 10 heteroatoms. The van der Waals surface area contributed by atoms with Crippen LogP contribution in [0.4, 0.5) is 5.69 Å². The number of hydrogen-bond donors (Lipinski definition) is 1. The maximum Gasteiger partial charge on any atom is 0.264 e. The first-order chi connectivity index (χ1) is 19.0. The molecule has 0 fully saturated rings. The van der Waals surface area contributed by atoms with Crippen LogP contribution < -0.4 is 9.62 Å². The molecular formula is C30H35Cl2N3O4S. The summed E-state index contributed by atoms with van der Waals surface area (Å²) in [7, 11) is -4.17. The standard InChI is InChI=1S/C30H35Cl2N3O4S/c1-5-22(4)33-30(37)27(6-2)34(19-23-11-13-24(31)14-12-23)29(36)20-35(28-10-8-7-9-21(28)3)40(38,39)26-17-15-25(32)16-18-26/h7-18,22,27H,5-6,19-20H2,1-4H3,(H,33,37)/t22-,27-/m1/s1. The van der Waals surface area contributed by atoms with Gasteiger partial charge in [-0.15, -0.1) is 0 Å². The Hall–Kier alpha value is -3.07. The molecule has 0 saturated heterocycles. The van der Waals surface area contributed by atoms with E-state index in [2.05, 4.69) is 5.32 Å². The number of rotatable bonds is 12. The maximum atomic E-state index is 14.1. The molecule has 0 bridgehead atoms. The van der Waals surface area contributed by atoms with Gasteiger partial charge in [-0.3, -0.25) is 13.9 Å². The minimum atomic E-state index is -4.17. The summed E-state index contributed by atoms with van der Waals surface area (Å²) in [5, 5.41) is 3.91. The van der Waals surface area contributed by atoms with Crippen molar-refractivity contribution in [2.75, 3.05) is 10.8 Å². The van der Waals surface area contributed by atoms with Crippen LogP contribution in [0.2, 0.25) is 10.0 Å². The van der Waals surface area contributed by atoms with Crippen molar-refractivity contribution in [3.63, 3.8) is 0 Å². The van der Waals surface area contributed by atoms with Crippen molar-refractivity contribution < 1.29 is 18.0 Å². The van der Waals surface area contributed by atoms with E-state index in [4.69, 9.17) is 23.2 Å². The van der Waals surface area contributed by atoms with Crippen molar-refractivity contribution >= 4 is 50.7 Å². The molecule has 0 heterocycles. The fourth-order valence-electron chi connectivity index (χ4n) is 4.24. The zero-order valence-electron chi connectivity index (χ0n) is 23.1. The fraction of sp³-hybridized carbons (Fsp3) is 0.333. The third kappa shape index (κ3) is 7.77. The first-order valence-corrected chi connectivity index (χ1v) is 15.4. The number of benzene rings is 3. The fourth-order valence-corrected chi connectivity index (χ4v) is 5.97. The Morgan fingerprint density at radius 2 is 1.45 bits per heavy atom. The number of carbonyl (C=O) groups is 2. The van der Waals surface area contributed by atoms with Gasteiger partial charge in [0, 0.05) is 22.6 Å². The highest BCUT2D eigenvalue weighted by molar-refractivity contribution is 7.92. The Labute approximate surface area is 247 Å². The van der Waals surface area contributed by atoms with E-state index in [0.29, 0.717) is 27.7 Å². The van der Waals surface area contributed by atoms with Gasteiger partial charge in [-0.2, -0.15) is 0 Å². The van der Waals surface area contributed by atoms with Crippen LogP contribution >= 0.6 is 23.2 Å². The molecule has 40 heavy (non-hydrogen) atoms. The van der Waals surface area contributed by atoms with E-state index in [0.717, 1.165) is 16.3 Å². The summed E-state index contributed by atoms with van der Waals surface area (Å²) in [6.07, 6.45) is 1.07. The molecule has 0 radical (unpaired) electrons. The number of halogens is 2. The predicted molar refractivity (Wildman–Crippen MR) is 161 cm³/mol. The van der Waals surface area contributed by atoms with Crippen LogP contribution in [-0.2, 0) is 26.2 Å². The number of nitrogens with one attached hydrogen (secondary N) is 1. The molecule has 0 saturated carbocycles. The Bertz CT molecular complexity index is 1410. The Balaban J connectivity index is 2.06. The molecule has 0 spiro atoms. The highest BCUT2D eigenvalue weighted by Crippen LogP contribution is 2.28. The Morgan fingerprint density at radius 3 is 2.00 bits per heavy atom. The molecule has 3 aromatic rings. The minimum absolute atomic E-state index is 0.00115. The number of amides is 2. The molecule has 1 N–H and O–H groups in total.